The quantitative estimate of drug-likeness (QED) is 0.874. The average molecular weight is 242 g/mol. The highest BCUT2D eigenvalue weighted by Crippen LogP contribution is 2.09. The number of ether oxygens (including phenoxy) is 1. The van der Waals surface area contributed by atoms with Crippen LogP contribution >= 0.6 is 0 Å². The Morgan fingerprint density at radius 2 is 1.78 bits per heavy atom. The highest BCUT2D eigenvalue weighted by molar-refractivity contribution is 5.36. The number of benzene rings is 1. The first-order valence-corrected chi connectivity index (χ1v) is 6.02. The van der Waals surface area contributed by atoms with E-state index in [1.165, 1.54) is 11.1 Å². The van der Waals surface area contributed by atoms with Gasteiger partial charge in [0, 0.05) is 19.3 Å². The summed E-state index contributed by atoms with van der Waals surface area (Å²) < 4.78 is 5.08. The Balaban J connectivity index is 1.93. The van der Waals surface area contributed by atoms with Gasteiger partial charge in [-0.1, -0.05) is 30.3 Å². The number of rotatable bonds is 5. The topological polar surface area (TPSA) is 34.1 Å². The molecule has 0 fully saturated rings. The molecule has 18 heavy (non-hydrogen) atoms. The molecule has 0 saturated carbocycles. The second-order valence-corrected chi connectivity index (χ2v) is 4.27. The van der Waals surface area contributed by atoms with E-state index < -0.39 is 0 Å². The standard InChI is InChI=1S/C15H18N2O/c1-12-4-3-5-15(17-12)16-10-13-6-8-14(9-7-13)11-18-2/h3-9H,10-11H2,1-2H3,(H,16,17). The Bertz CT molecular complexity index is 494. The van der Waals surface area contributed by atoms with E-state index in [0.29, 0.717) is 6.61 Å². The molecule has 1 aromatic heterocycles. The van der Waals surface area contributed by atoms with Gasteiger partial charge in [0.1, 0.15) is 5.82 Å². The van der Waals surface area contributed by atoms with Crippen molar-refractivity contribution in [3.8, 4) is 0 Å². The van der Waals surface area contributed by atoms with Crippen molar-refractivity contribution in [2.24, 2.45) is 0 Å². The fourth-order valence-electron chi connectivity index (χ4n) is 1.75. The minimum Gasteiger partial charge on any atom is -0.380 e. The normalized spacial score (nSPS) is 10.3. The van der Waals surface area contributed by atoms with E-state index in [1.807, 2.05) is 25.1 Å². The monoisotopic (exact) mass is 242 g/mol. The van der Waals surface area contributed by atoms with Gasteiger partial charge in [0.05, 0.1) is 6.61 Å². The van der Waals surface area contributed by atoms with Gasteiger partial charge < -0.3 is 10.1 Å². The number of hydrogen-bond donors (Lipinski definition) is 1. The minimum atomic E-state index is 0.660. The number of hydrogen-bond acceptors (Lipinski definition) is 3. The SMILES string of the molecule is COCc1ccc(CNc2cccc(C)n2)cc1. The van der Waals surface area contributed by atoms with E-state index in [-0.39, 0.29) is 0 Å². The third-order valence-electron chi connectivity index (χ3n) is 2.70. The Kier molecular flexibility index (Phi) is 4.31. The molecular weight excluding hydrogens is 224 g/mol. The number of aryl methyl sites for hydroxylation is 1. The molecule has 0 bridgehead atoms. The zero-order chi connectivity index (χ0) is 12.8. The summed E-state index contributed by atoms with van der Waals surface area (Å²) in [6, 6.07) is 14.4. The predicted molar refractivity (Wildman–Crippen MR) is 73.5 cm³/mol. The largest absolute Gasteiger partial charge is 0.380 e. The smallest absolute Gasteiger partial charge is 0.126 e. The second kappa shape index (κ2) is 6.17. The summed E-state index contributed by atoms with van der Waals surface area (Å²) in [6.45, 7) is 3.43. The summed E-state index contributed by atoms with van der Waals surface area (Å²) >= 11 is 0. The summed E-state index contributed by atoms with van der Waals surface area (Å²) in [7, 11) is 1.71. The maximum atomic E-state index is 5.08. The molecule has 0 unspecified atom stereocenters. The lowest BCUT2D eigenvalue weighted by atomic mass is 10.1. The molecule has 3 nitrogen and oxygen atoms in total. The summed E-state index contributed by atoms with van der Waals surface area (Å²) in [5.41, 5.74) is 3.45. The van der Waals surface area contributed by atoms with Crippen LogP contribution in [0.4, 0.5) is 5.82 Å². The van der Waals surface area contributed by atoms with Crippen molar-refractivity contribution >= 4 is 5.82 Å². The summed E-state index contributed by atoms with van der Waals surface area (Å²) in [5.74, 6) is 0.913. The van der Waals surface area contributed by atoms with E-state index in [0.717, 1.165) is 18.1 Å². The summed E-state index contributed by atoms with van der Waals surface area (Å²) in [4.78, 5) is 4.40. The highest BCUT2D eigenvalue weighted by Gasteiger charge is 1.96. The second-order valence-electron chi connectivity index (χ2n) is 4.27. The maximum absolute atomic E-state index is 5.08. The molecule has 1 aromatic carbocycles. The van der Waals surface area contributed by atoms with Gasteiger partial charge in [-0.05, 0) is 30.2 Å². The van der Waals surface area contributed by atoms with Crippen LogP contribution < -0.4 is 5.32 Å². The number of nitrogens with one attached hydrogen (secondary N) is 1. The number of aromatic nitrogens is 1. The predicted octanol–water partition coefficient (Wildman–Crippen LogP) is 3.15. The molecule has 2 rings (SSSR count). The minimum absolute atomic E-state index is 0.660. The molecule has 3 heteroatoms. The van der Waals surface area contributed by atoms with Crippen molar-refractivity contribution in [2.45, 2.75) is 20.1 Å². The van der Waals surface area contributed by atoms with Gasteiger partial charge >= 0.3 is 0 Å². The zero-order valence-electron chi connectivity index (χ0n) is 10.8. The fourth-order valence-corrected chi connectivity index (χ4v) is 1.75. The molecular formula is C15H18N2O. The van der Waals surface area contributed by atoms with Gasteiger partial charge in [-0.2, -0.15) is 0 Å². The molecule has 0 aliphatic carbocycles. The van der Waals surface area contributed by atoms with Crippen molar-refractivity contribution in [3.05, 3.63) is 59.3 Å². The lowest BCUT2D eigenvalue weighted by molar-refractivity contribution is 0.185. The molecule has 0 aliphatic rings. The van der Waals surface area contributed by atoms with E-state index in [1.54, 1.807) is 7.11 Å². The van der Waals surface area contributed by atoms with E-state index >= 15 is 0 Å². The van der Waals surface area contributed by atoms with Crippen LogP contribution in [0.15, 0.2) is 42.5 Å². The Morgan fingerprint density at radius 3 is 2.44 bits per heavy atom. The Labute approximate surface area is 108 Å². The molecule has 2 aromatic rings. The van der Waals surface area contributed by atoms with E-state index in [9.17, 15) is 0 Å². The molecule has 0 saturated heterocycles. The lowest BCUT2D eigenvalue weighted by Crippen LogP contribution is -2.01. The lowest BCUT2D eigenvalue weighted by Gasteiger charge is -2.07. The van der Waals surface area contributed by atoms with Crippen LogP contribution in [-0.4, -0.2) is 12.1 Å². The first-order valence-electron chi connectivity index (χ1n) is 6.02. The van der Waals surface area contributed by atoms with Crippen molar-refractivity contribution < 1.29 is 4.74 Å². The first kappa shape index (κ1) is 12.6. The third kappa shape index (κ3) is 3.57. The van der Waals surface area contributed by atoms with Crippen molar-refractivity contribution in [2.75, 3.05) is 12.4 Å². The first-order chi connectivity index (χ1) is 8.78. The van der Waals surface area contributed by atoms with Crippen LogP contribution in [0.1, 0.15) is 16.8 Å². The average Bonchev–Trinajstić information content (AvgIpc) is 2.38. The summed E-state index contributed by atoms with van der Waals surface area (Å²) in [5, 5.41) is 3.31. The summed E-state index contributed by atoms with van der Waals surface area (Å²) in [6.07, 6.45) is 0. The number of pyridine rings is 1. The van der Waals surface area contributed by atoms with Crippen LogP contribution in [0.5, 0.6) is 0 Å². The number of anilines is 1. The highest BCUT2D eigenvalue weighted by atomic mass is 16.5. The van der Waals surface area contributed by atoms with Crippen LogP contribution in [0.3, 0.4) is 0 Å². The van der Waals surface area contributed by atoms with E-state index in [2.05, 4.69) is 34.6 Å². The molecule has 0 aliphatic heterocycles. The van der Waals surface area contributed by atoms with Crippen LogP contribution in [-0.2, 0) is 17.9 Å². The van der Waals surface area contributed by atoms with Crippen LogP contribution in [0.2, 0.25) is 0 Å². The Hall–Kier alpha value is -1.87. The van der Waals surface area contributed by atoms with Gasteiger partial charge in [0.2, 0.25) is 0 Å². The third-order valence-corrected chi connectivity index (χ3v) is 2.70. The molecule has 0 atom stereocenters. The van der Waals surface area contributed by atoms with Crippen molar-refractivity contribution in [3.63, 3.8) is 0 Å². The van der Waals surface area contributed by atoms with Crippen LogP contribution in [0.25, 0.3) is 0 Å². The van der Waals surface area contributed by atoms with E-state index in [4.69, 9.17) is 4.74 Å². The van der Waals surface area contributed by atoms with Crippen molar-refractivity contribution in [1.29, 1.82) is 0 Å². The molecule has 94 valence electrons. The van der Waals surface area contributed by atoms with Gasteiger partial charge in [-0.25, -0.2) is 4.98 Å². The molecule has 0 amide bonds. The van der Waals surface area contributed by atoms with Gasteiger partial charge in [-0.3, -0.25) is 0 Å². The van der Waals surface area contributed by atoms with Gasteiger partial charge in [0.15, 0.2) is 0 Å². The molecule has 1 heterocycles. The van der Waals surface area contributed by atoms with Crippen molar-refractivity contribution in [1.82, 2.24) is 4.98 Å². The number of nitrogens with zero attached hydrogens (tertiary/aromatic N) is 1. The van der Waals surface area contributed by atoms with Crippen LogP contribution in [0, 0.1) is 6.92 Å². The van der Waals surface area contributed by atoms with Gasteiger partial charge in [0.25, 0.3) is 0 Å². The maximum Gasteiger partial charge on any atom is 0.126 e. The molecule has 0 spiro atoms. The fraction of sp³-hybridized carbons (Fsp3) is 0.267. The van der Waals surface area contributed by atoms with Gasteiger partial charge in [-0.15, -0.1) is 0 Å². The Morgan fingerprint density at radius 1 is 1.06 bits per heavy atom. The number of methoxy groups -OCH3 is 1. The molecule has 0 radical (unpaired) electrons. The zero-order valence-corrected chi connectivity index (χ0v) is 10.8. The molecule has 1 N–H and O–H groups in total.